The maximum absolute atomic E-state index is 5.55. The molecule has 40 heavy (non-hydrogen) atoms. The van der Waals surface area contributed by atoms with Crippen molar-refractivity contribution in [1.29, 1.82) is 0 Å². The first-order valence-corrected chi connectivity index (χ1v) is 14.7. The van der Waals surface area contributed by atoms with Crippen LogP contribution in [0.1, 0.15) is 46.5 Å². The Morgan fingerprint density at radius 2 is 0.825 bits per heavy atom. The van der Waals surface area contributed by atoms with Gasteiger partial charge in [-0.05, 0) is 66.1 Å². The molecule has 0 amide bonds. The fourth-order valence-electron chi connectivity index (χ4n) is 2.49. The van der Waals surface area contributed by atoms with Crippen LogP contribution in [0, 0.1) is 0 Å². The third-order valence-corrected chi connectivity index (χ3v) is 4.48. The van der Waals surface area contributed by atoms with E-state index in [1.165, 1.54) is 0 Å². The Hall–Kier alpha value is -0.520. The highest BCUT2D eigenvalue weighted by Gasteiger charge is 2.03. The van der Waals surface area contributed by atoms with Gasteiger partial charge in [-0.3, -0.25) is 0 Å². The van der Waals surface area contributed by atoms with E-state index < -0.39 is 0 Å². The molecule has 13 nitrogen and oxygen atoms in total. The summed E-state index contributed by atoms with van der Waals surface area (Å²) >= 11 is 0. The molecule has 246 valence electrons. The number of nitrogens with two attached hydrogens (primary N) is 6. The summed E-state index contributed by atoms with van der Waals surface area (Å²) in [6.07, 6.45) is 3.97. The van der Waals surface area contributed by atoms with Crippen LogP contribution >= 0.6 is 0 Å². The van der Waals surface area contributed by atoms with E-state index >= 15 is 0 Å². The van der Waals surface area contributed by atoms with Gasteiger partial charge in [0.15, 0.2) is 0 Å². The minimum atomic E-state index is 0.0673. The first-order chi connectivity index (χ1) is 19.3. The van der Waals surface area contributed by atoms with Gasteiger partial charge in [-0.1, -0.05) is 0 Å². The molecule has 0 aromatic rings. The Morgan fingerprint density at radius 3 is 1.27 bits per heavy atom. The Labute approximate surface area is 244 Å². The van der Waals surface area contributed by atoms with Crippen LogP contribution in [0.25, 0.3) is 0 Å². The molecule has 0 aromatic carbocycles. The van der Waals surface area contributed by atoms with Gasteiger partial charge in [-0.25, -0.2) is 0 Å². The smallest absolute Gasteiger partial charge is 0.0781 e. The van der Waals surface area contributed by atoms with E-state index in [-0.39, 0.29) is 18.2 Å². The lowest BCUT2D eigenvalue weighted by Gasteiger charge is -2.14. The van der Waals surface area contributed by atoms with Crippen LogP contribution in [0.15, 0.2) is 0 Å². The standard InChI is InChI=1S/C11H26N2O3.2C8H20N2O2/c1-9(12)6-14-4-5-16-11(3)8-15-7-10(2)13;9-3-1-5-11-7-8-12-6-2-4-10;9-3-1-2-5-11-7-8-12-6-4-10/h9-11H,4-8,12-13H2,1-3H3;2*1-10H2. The summed E-state index contributed by atoms with van der Waals surface area (Å²) in [5.41, 5.74) is 32.2. The molecule has 3 unspecified atom stereocenters. The lowest BCUT2D eigenvalue weighted by atomic mass is 10.3. The van der Waals surface area contributed by atoms with Crippen molar-refractivity contribution in [1.82, 2.24) is 0 Å². The van der Waals surface area contributed by atoms with E-state index in [2.05, 4.69) is 0 Å². The number of hydrogen-bond donors (Lipinski definition) is 6. The van der Waals surface area contributed by atoms with E-state index in [9.17, 15) is 0 Å². The van der Waals surface area contributed by atoms with Gasteiger partial charge in [0.2, 0.25) is 0 Å². The van der Waals surface area contributed by atoms with Crippen molar-refractivity contribution in [3.8, 4) is 0 Å². The highest BCUT2D eigenvalue weighted by Crippen LogP contribution is 1.93. The van der Waals surface area contributed by atoms with Crippen molar-refractivity contribution in [2.75, 3.05) is 112 Å². The van der Waals surface area contributed by atoms with Crippen molar-refractivity contribution in [3.05, 3.63) is 0 Å². The monoisotopic (exact) mass is 586 g/mol. The van der Waals surface area contributed by atoms with Gasteiger partial charge in [-0.2, -0.15) is 0 Å². The molecule has 0 bridgehead atoms. The molecule has 0 saturated carbocycles. The van der Waals surface area contributed by atoms with Gasteiger partial charge >= 0.3 is 0 Å². The molecular weight excluding hydrogens is 520 g/mol. The van der Waals surface area contributed by atoms with Crippen LogP contribution < -0.4 is 34.4 Å². The van der Waals surface area contributed by atoms with Gasteiger partial charge in [0.25, 0.3) is 0 Å². The first kappa shape index (κ1) is 43.9. The van der Waals surface area contributed by atoms with Crippen LogP contribution in [-0.2, 0) is 33.2 Å². The summed E-state index contributed by atoms with van der Waals surface area (Å²) < 4.78 is 36.9. The quantitative estimate of drug-likeness (QED) is 0.0640. The molecule has 0 aliphatic heterocycles. The summed E-state index contributed by atoms with van der Waals surface area (Å²) in [5.74, 6) is 0. The molecule has 0 aliphatic carbocycles. The lowest BCUT2D eigenvalue weighted by Crippen LogP contribution is -2.26. The second-order valence-electron chi connectivity index (χ2n) is 9.27. The Balaban J connectivity index is -0.000000522. The largest absolute Gasteiger partial charge is 0.379 e. The molecule has 0 rings (SSSR count). The minimum Gasteiger partial charge on any atom is -0.379 e. The van der Waals surface area contributed by atoms with Crippen LogP contribution in [0.2, 0.25) is 0 Å². The van der Waals surface area contributed by atoms with Gasteiger partial charge in [0.1, 0.15) is 0 Å². The summed E-state index contributed by atoms with van der Waals surface area (Å²) in [7, 11) is 0. The first-order valence-electron chi connectivity index (χ1n) is 14.7. The minimum absolute atomic E-state index is 0.0673. The van der Waals surface area contributed by atoms with E-state index in [1.807, 2.05) is 20.8 Å². The predicted molar refractivity (Wildman–Crippen MR) is 162 cm³/mol. The van der Waals surface area contributed by atoms with Gasteiger partial charge in [0.05, 0.1) is 72.2 Å². The van der Waals surface area contributed by atoms with E-state index in [1.54, 1.807) is 0 Å². The molecule has 0 aromatic heterocycles. The topological polar surface area (TPSA) is 221 Å². The Morgan fingerprint density at radius 1 is 0.400 bits per heavy atom. The second kappa shape index (κ2) is 40.6. The maximum Gasteiger partial charge on any atom is 0.0781 e. The fourth-order valence-corrected chi connectivity index (χ4v) is 2.49. The van der Waals surface area contributed by atoms with E-state index in [0.29, 0.717) is 85.7 Å². The van der Waals surface area contributed by atoms with Gasteiger partial charge < -0.3 is 67.6 Å². The third kappa shape index (κ3) is 50.3. The molecular formula is C27H66N6O7. The molecule has 0 fully saturated rings. The highest BCUT2D eigenvalue weighted by atomic mass is 16.6. The number of ether oxygens (including phenoxy) is 7. The van der Waals surface area contributed by atoms with Crippen LogP contribution in [0.3, 0.4) is 0 Å². The number of rotatable bonds is 28. The zero-order chi connectivity index (χ0) is 30.5. The zero-order valence-electron chi connectivity index (χ0n) is 25.9. The van der Waals surface area contributed by atoms with Crippen molar-refractivity contribution in [2.45, 2.75) is 64.6 Å². The van der Waals surface area contributed by atoms with Crippen molar-refractivity contribution in [2.24, 2.45) is 34.4 Å². The van der Waals surface area contributed by atoms with Crippen molar-refractivity contribution < 1.29 is 33.2 Å². The number of hydrogen-bond acceptors (Lipinski definition) is 13. The average molecular weight is 587 g/mol. The molecule has 12 N–H and O–H groups in total. The summed E-state index contributed by atoms with van der Waals surface area (Å²) in [5, 5.41) is 0. The zero-order valence-corrected chi connectivity index (χ0v) is 25.9. The maximum atomic E-state index is 5.55. The van der Waals surface area contributed by atoms with Crippen LogP contribution in [0.5, 0.6) is 0 Å². The predicted octanol–water partition coefficient (Wildman–Crippen LogP) is -0.446. The normalized spacial score (nSPS) is 13.1. The second-order valence-corrected chi connectivity index (χ2v) is 9.27. The van der Waals surface area contributed by atoms with Crippen LogP contribution in [-0.4, -0.2) is 130 Å². The SMILES string of the molecule is CC(N)COCCOC(C)COCC(C)N.NCCCCOCCOCCN.NCCCOCCOCCCN. The molecule has 13 heteroatoms. The van der Waals surface area contributed by atoms with Gasteiger partial charge in [-0.15, -0.1) is 0 Å². The number of unbranched alkanes of at least 4 members (excludes halogenated alkanes) is 1. The van der Waals surface area contributed by atoms with E-state index in [4.69, 9.17) is 67.6 Å². The van der Waals surface area contributed by atoms with E-state index in [0.717, 1.165) is 52.0 Å². The van der Waals surface area contributed by atoms with Gasteiger partial charge in [0, 0.05) is 38.4 Å². The highest BCUT2D eigenvalue weighted by molar-refractivity contribution is 4.53. The lowest BCUT2D eigenvalue weighted by molar-refractivity contribution is -0.0319. The fraction of sp³-hybridized carbons (Fsp3) is 1.00. The van der Waals surface area contributed by atoms with Crippen molar-refractivity contribution in [3.63, 3.8) is 0 Å². The third-order valence-electron chi connectivity index (χ3n) is 4.48. The Kier molecular flexibility index (Phi) is 44.6. The molecule has 0 spiro atoms. The summed E-state index contributed by atoms with van der Waals surface area (Å²) in [4.78, 5) is 0. The summed E-state index contributed by atoms with van der Waals surface area (Å²) in [6.45, 7) is 16.8. The molecule has 0 radical (unpaired) electrons. The van der Waals surface area contributed by atoms with Crippen molar-refractivity contribution >= 4 is 0 Å². The average Bonchev–Trinajstić information content (AvgIpc) is 2.92. The van der Waals surface area contributed by atoms with Crippen LogP contribution in [0.4, 0.5) is 0 Å². The molecule has 0 saturated heterocycles. The Bertz CT molecular complexity index is 391. The summed E-state index contributed by atoms with van der Waals surface area (Å²) in [6, 6.07) is 0.147. The molecule has 0 aliphatic rings. The molecule has 0 heterocycles. The molecule has 3 atom stereocenters.